The molecule has 0 aliphatic carbocycles. The highest BCUT2D eigenvalue weighted by molar-refractivity contribution is 6.04. The second-order valence-corrected chi connectivity index (χ2v) is 6.95. The average Bonchev–Trinajstić information content (AvgIpc) is 2.74. The van der Waals surface area contributed by atoms with Crippen molar-refractivity contribution in [2.45, 2.75) is 19.9 Å². The maximum Gasteiger partial charge on any atom is 0.255 e. The third kappa shape index (κ3) is 5.94. The van der Waals surface area contributed by atoms with Gasteiger partial charge in [0.25, 0.3) is 5.91 Å². The van der Waals surface area contributed by atoms with Crippen LogP contribution < -0.4 is 16.0 Å². The molecule has 3 aromatic carbocycles. The number of aryl methyl sites for hydroxylation is 1. The van der Waals surface area contributed by atoms with Crippen molar-refractivity contribution in [2.24, 2.45) is 0 Å². The van der Waals surface area contributed by atoms with Crippen LogP contribution in [0.15, 0.2) is 78.9 Å². The number of anilines is 2. The van der Waals surface area contributed by atoms with Gasteiger partial charge in [-0.15, -0.1) is 0 Å². The second-order valence-electron chi connectivity index (χ2n) is 6.95. The molecule has 0 radical (unpaired) electrons. The maximum absolute atomic E-state index is 12.3. The summed E-state index contributed by atoms with van der Waals surface area (Å²) in [6, 6.07) is 24.5. The predicted molar refractivity (Wildman–Crippen MR) is 117 cm³/mol. The zero-order valence-corrected chi connectivity index (χ0v) is 16.6. The molecule has 0 fully saturated rings. The first kappa shape index (κ1) is 20.1. The van der Waals surface area contributed by atoms with Crippen molar-refractivity contribution in [3.8, 4) is 0 Å². The quantitative estimate of drug-likeness (QED) is 0.558. The molecule has 148 valence electrons. The lowest BCUT2D eigenvalue weighted by Crippen LogP contribution is -2.32. The molecule has 1 unspecified atom stereocenters. The molecule has 0 aliphatic rings. The Morgan fingerprint density at radius 1 is 0.862 bits per heavy atom. The number of rotatable bonds is 7. The number of amides is 2. The van der Waals surface area contributed by atoms with Crippen LogP contribution in [0.5, 0.6) is 0 Å². The van der Waals surface area contributed by atoms with Crippen molar-refractivity contribution in [2.75, 3.05) is 17.2 Å². The van der Waals surface area contributed by atoms with Crippen molar-refractivity contribution in [1.82, 2.24) is 5.32 Å². The summed E-state index contributed by atoms with van der Waals surface area (Å²) in [5, 5.41) is 8.94. The minimum Gasteiger partial charge on any atom is -0.376 e. The van der Waals surface area contributed by atoms with E-state index in [9.17, 15) is 9.59 Å². The van der Waals surface area contributed by atoms with Gasteiger partial charge in [0.2, 0.25) is 5.91 Å². The summed E-state index contributed by atoms with van der Waals surface area (Å²) >= 11 is 0. The van der Waals surface area contributed by atoms with Crippen molar-refractivity contribution in [1.29, 1.82) is 0 Å². The summed E-state index contributed by atoms with van der Waals surface area (Å²) in [6.45, 7) is 4.08. The standard InChI is InChI=1S/C24H25N3O2/c1-17-7-6-10-20(15-17)24(29)27-22-13-11-21(12-14-22)25-16-23(28)26-18(2)19-8-4-3-5-9-19/h3-15,18,25H,16H2,1-2H3,(H,26,28)(H,27,29). The van der Waals surface area contributed by atoms with Gasteiger partial charge in [-0.3, -0.25) is 9.59 Å². The molecule has 3 N–H and O–H groups in total. The van der Waals surface area contributed by atoms with Crippen molar-refractivity contribution >= 4 is 23.2 Å². The Morgan fingerprint density at radius 2 is 1.55 bits per heavy atom. The smallest absolute Gasteiger partial charge is 0.255 e. The molecule has 29 heavy (non-hydrogen) atoms. The number of hydrogen-bond acceptors (Lipinski definition) is 3. The van der Waals surface area contributed by atoms with Gasteiger partial charge in [0.15, 0.2) is 0 Å². The summed E-state index contributed by atoms with van der Waals surface area (Å²) in [5.74, 6) is -0.234. The molecule has 2 amide bonds. The van der Waals surface area contributed by atoms with Gasteiger partial charge in [0, 0.05) is 16.9 Å². The van der Waals surface area contributed by atoms with E-state index in [-0.39, 0.29) is 24.4 Å². The van der Waals surface area contributed by atoms with Crippen molar-refractivity contribution in [3.05, 3.63) is 95.6 Å². The molecule has 5 heteroatoms. The van der Waals surface area contributed by atoms with Crippen LogP contribution in [0.25, 0.3) is 0 Å². The van der Waals surface area contributed by atoms with Crippen LogP contribution in [-0.2, 0) is 4.79 Å². The summed E-state index contributed by atoms with van der Waals surface area (Å²) in [7, 11) is 0. The van der Waals surface area contributed by atoms with Crippen molar-refractivity contribution < 1.29 is 9.59 Å². The zero-order chi connectivity index (χ0) is 20.6. The Kier molecular flexibility index (Phi) is 6.63. The molecule has 5 nitrogen and oxygen atoms in total. The predicted octanol–water partition coefficient (Wildman–Crippen LogP) is 4.54. The van der Waals surface area contributed by atoms with Gasteiger partial charge in [0.1, 0.15) is 0 Å². The number of hydrogen-bond donors (Lipinski definition) is 3. The maximum atomic E-state index is 12.3. The first-order valence-corrected chi connectivity index (χ1v) is 9.57. The second kappa shape index (κ2) is 9.55. The van der Waals surface area contributed by atoms with E-state index in [2.05, 4.69) is 16.0 Å². The lowest BCUT2D eigenvalue weighted by atomic mass is 10.1. The first-order chi connectivity index (χ1) is 14.0. The number of benzene rings is 3. The summed E-state index contributed by atoms with van der Waals surface area (Å²) in [4.78, 5) is 24.5. The van der Waals surface area contributed by atoms with Crippen LogP contribution in [0.2, 0.25) is 0 Å². The first-order valence-electron chi connectivity index (χ1n) is 9.57. The molecule has 0 saturated heterocycles. The third-order valence-corrected chi connectivity index (χ3v) is 4.55. The molecule has 0 aromatic heterocycles. The Hall–Kier alpha value is -3.60. The van der Waals surface area contributed by atoms with E-state index in [1.807, 2.05) is 74.5 Å². The van der Waals surface area contributed by atoms with E-state index >= 15 is 0 Å². The number of nitrogens with one attached hydrogen (secondary N) is 3. The summed E-state index contributed by atoms with van der Waals surface area (Å²) in [5.41, 5.74) is 4.23. The van der Waals surface area contributed by atoms with Crippen LogP contribution in [0.4, 0.5) is 11.4 Å². The minimum absolute atomic E-state index is 0.0512. The van der Waals surface area contributed by atoms with E-state index in [0.717, 1.165) is 16.8 Å². The molecular formula is C24H25N3O2. The van der Waals surface area contributed by atoms with E-state index in [0.29, 0.717) is 11.3 Å². The molecule has 0 saturated carbocycles. The highest BCUT2D eigenvalue weighted by atomic mass is 16.2. The largest absolute Gasteiger partial charge is 0.376 e. The van der Waals surface area contributed by atoms with Crippen LogP contribution in [0, 0.1) is 6.92 Å². The SMILES string of the molecule is Cc1cccc(C(=O)Nc2ccc(NCC(=O)NC(C)c3ccccc3)cc2)c1. The van der Waals surface area contributed by atoms with Gasteiger partial charge < -0.3 is 16.0 Å². The molecule has 1 atom stereocenters. The monoisotopic (exact) mass is 387 g/mol. The van der Waals surface area contributed by atoms with E-state index in [4.69, 9.17) is 0 Å². The van der Waals surface area contributed by atoms with Gasteiger partial charge in [-0.25, -0.2) is 0 Å². The number of carbonyl (C=O) groups excluding carboxylic acids is 2. The molecule has 0 heterocycles. The van der Waals surface area contributed by atoms with Gasteiger partial charge in [-0.2, -0.15) is 0 Å². The topological polar surface area (TPSA) is 70.2 Å². The van der Waals surface area contributed by atoms with Gasteiger partial charge >= 0.3 is 0 Å². The van der Waals surface area contributed by atoms with Crippen LogP contribution in [-0.4, -0.2) is 18.4 Å². The Bertz CT molecular complexity index is 969. The lowest BCUT2D eigenvalue weighted by molar-refractivity contribution is -0.120. The van der Waals surface area contributed by atoms with Crippen molar-refractivity contribution in [3.63, 3.8) is 0 Å². The fraction of sp³-hybridized carbons (Fsp3) is 0.167. The summed E-state index contributed by atoms with van der Waals surface area (Å²) in [6.07, 6.45) is 0. The Balaban J connectivity index is 1.49. The Morgan fingerprint density at radius 3 is 2.24 bits per heavy atom. The minimum atomic E-state index is -0.149. The average molecular weight is 387 g/mol. The number of carbonyl (C=O) groups is 2. The molecule has 0 spiro atoms. The van der Waals surface area contributed by atoms with Gasteiger partial charge in [-0.05, 0) is 55.8 Å². The molecule has 3 rings (SSSR count). The molecular weight excluding hydrogens is 362 g/mol. The van der Waals surface area contributed by atoms with E-state index < -0.39 is 0 Å². The summed E-state index contributed by atoms with van der Waals surface area (Å²) < 4.78 is 0. The fourth-order valence-electron chi connectivity index (χ4n) is 2.96. The van der Waals surface area contributed by atoms with Crippen LogP contribution in [0.3, 0.4) is 0 Å². The highest BCUT2D eigenvalue weighted by Crippen LogP contribution is 2.15. The molecule has 0 aliphatic heterocycles. The molecule has 3 aromatic rings. The van der Waals surface area contributed by atoms with E-state index in [1.165, 1.54) is 0 Å². The lowest BCUT2D eigenvalue weighted by Gasteiger charge is -2.15. The van der Waals surface area contributed by atoms with E-state index in [1.54, 1.807) is 18.2 Å². The van der Waals surface area contributed by atoms with Gasteiger partial charge in [-0.1, -0.05) is 48.0 Å². The van der Waals surface area contributed by atoms with Crippen LogP contribution >= 0.6 is 0 Å². The fourth-order valence-corrected chi connectivity index (χ4v) is 2.96. The Labute approximate surface area is 171 Å². The zero-order valence-electron chi connectivity index (χ0n) is 16.6. The highest BCUT2D eigenvalue weighted by Gasteiger charge is 2.09. The van der Waals surface area contributed by atoms with Crippen LogP contribution in [0.1, 0.15) is 34.5 Å². The third-order valence-electron chi connectivity index (χ3n) is 4.55. The normalized spacial score (nSPS) is 11.4. The molecule has 0 bridgehead atoms. The van der Waals surface area contributed by atoms with Gasteiger partial charge in [0.05, 0.1) is 12.6 Å².